The molecule has 0 aliphatic carbocycles. The maximum atomic E-state index is 15.1. The van der Waals surface area contributed by atoms with E-state index in [2.05, 4.69) is 30.8 Å². The predicted octanol–water partition coefficient (Wildman–Crippen LogP) is 3.82. The molecule has 8 nitrogen and oxygen atoms in total. The topological polar surface area (TPSA) is 82.0 Å². The second-order valence-corrected chi connectivity index (χ2v) is 10.8. The summed E-state index contributed by atoms with van der Waals surface area (Å²) in [6.07, 6.45) is 2.10. The number of fused-ring (bicyclic) bond motifs is 4. The molecule has 6 rings (SSSR count). The number of benzene rings is 1. The van der Waals surface area contributed by atoms with Crippen LogP contribution in [0.15, 0.2) is 16.6 Å². The fraction of sp³-hybridized carbons (Fsp3) is 0.609. The van der Waals surface area contributed by atoms with Gasteiger partial charge in [-0.25, -0.2) is 13.6 Å². The third kappa shape index (κ3) is 3.50. The summed E-state index contributed by atoms with van der Waals surface area (Å²) >= 11 is 3.24. The molecular weight excluding hydrogens is 512 g/mol. The summed E-state index contributed by atoms with van der Waals surface area (Å²) in [6, 6.07) is 3.21. The van der Waals surface area contributed by atoms with Crippen LogP contribution in [0, 0.1) is 5.82 Å². The maximum absolute atomic E-state index is 15.1. The molecule has 34 heavy (non-hydrogen) atoms. The molecule has 1 aromatic heterocycles. The van der Waals surface area contributed by atoms with Crippen molar-refractivity contribution in [1.29, 1.82) is 0 Å². The molecule has 4 aliphatic heterocycles. The Labute approximate surface area is 204 Å². The van der Waals surface area contributed by atoms with Crippen molar-refractivity contribution in [3.8, 4) is 6.01 Å². The largest absolute Gasteiger partial charge is 0.465 e. The first-order chi connectivity index (χ1) is 16.3. The van der Waals surface area contributed by atoms with Crippen LogP contribution in [0.3, 0.4) is 0 Å². The van der Waals surface area contributed by atoms with Crippen molar-refractivity contribution >= 4 is 38.7 Å². The van der Waals surface area contributed by atoms with Gasteiger partial charge >= 0.3 is 12.1 Å². The number of aromatic nitrogens is 2. The normalized spacial score (nSPS) is 30.9. The molecule has 0 radical (unpaired) electrons. The van der Waals surface area contributed by atoms with E-state index in [9.17, 15) is 14.3 Å². The number of carbonyl (C=O) groups is 1. The molecule has 1 N–H and O–H groups in total. The number of nitrogens with zero attached hydrogens (tertiary/aromatic N) is 5. The number of amides is 1. The van der Waals surface area contributed by atoms with Crippen LogP contribution >= 0.6 is 15.9 Å². The average Bonchev–Trinajstić information content (AvgIpc) is 3.42. The summed E-state index contributed by atoms with van der Waals surface area (Å²) in [5.74, 6) is 0.0485. The number of hydrogen-bond donors (Lipinski definition) is 1. The van der Waals surface area contributed by atoms with Gasteiger partial charge in [0.1, 0.15) is 24.1 Å². The molecule has 2 unspecified atom stereocenters. The van der Waals surface area contributed by atoms with Crippen molar-refractivity contribution in [2.45, 2.75) is 55.9 Å². The summed E-state index contributed by atoms with van der Waals surface area (Å²) in [6.45, 7) is 2.49. The van der Waals surface area contributed by atoms with Crippen LogP contribution in [0.2, 0.25) is 0 Å². The maximum Gasteiger partial charge on any atom is 0.407 e. The summed E-state index contributed by atoms with van der Waals surface area (Å²) in [5, 5.41) is 10.2. The Hall–Kier alpha value is -2.27. The van der Waals surface area contributed by atoms with E-state index < -0.39 is 18.1 Å². The van der Waals surface area contributed by atoms with Crippen molar-refractivity contribution in [2.75, 3.05) is 37.7 Å². The minimum Gasteiger partial charge on any atom is -0.465 e. The Morgan fingerprint density at radius 3 is 2.74 bits per heavy atom. The highest BCUT2D eigenvalue weighted by molar-refractivity contribution is 9.10. The lowest BCUT2D eigenvalue weighted by molar-refractivity contribution is 0.107. The number of alkyl halides is 1. The smallest absolute Gasteiger partial charge is 0.407 e. The van der Waals surface area contributed by atoms with Gasteiger partial charge < -0.3 is 14.7 Å². The van der Waals surface area contributed by atoms with Gasteiger partial charge in [-0.2, -0.15) is 9.97 Å². The van der Waals surface area contributed by atoms with Crippen molar-refractivity contribution in [3.63, 3.8) is 0 Å². The SMILES string of the molecule is O=C(O)N1C2CCC1CN(c1nc(OC[C@@]34CCCN3C[C@H](F)C4)nc3c(F)c(Br)ccc13)C2. The van der Waals surface area contributed by atoms with E-state index in [1.54, 1.807) is 12.1 Å². The van der Waals surface area contributed by atoms with Gasteiger partial charge in [0, 0.05) is 31.4 Å². The van der Waals surface area contributed by atoms with Gasteiger partial charge in [-0.15, -0.1) is 0 Å². The van der Waals surface area contributed by atoms with Crippen LogP contribution in [0.4, 0.5) is 19.4 Å². The molecule has 4 saturated heterocycles. The first-order valence-electron chi connectivity index (χ1n) is 11.8. The summed E-state index contributed by atoms with van der Waals surface area (Å²) in [7, 11) is 0. The van der Waals surface area contributed by atoms with Gasteiger partial charge in [0.2, 0.25) is 0 Å². The number of anilines is 1. The van der Waals surface area contributed by atoms with Gasteiger partial charge in [0.25, 0.3) is 0 Å². The van der Waals surface area contributed by atoms with Gasteiger partial charge in [-0.3, -0.25) is 9.80 Å². The van der Waals surface area contributed by atoms with Crippen molar-refractivity contribution in [1.82, 2.24) is 19.8 Å². The van der Waals surface area contributed by atoms with Crippen molar-refractivity contribution in [3.05, 3.63) is 22.4 Å². The molecule has 1 aromatic carbocycles. The molecular formula is C23H26BrF2N5O3. The average molecular weight is 538 g/mol. The van der Waals surface area contributed by atoms with E-state index in [0.717, 1.165) is 32.2 Å². The zero-order valence-corrected chi connectivity index (χ0v) is 20.2. The number of carboxylic acid groups (broad SMARTS) is 1. The number of ether oxygens (including phenoxy) is 1. The molecule has 182 valence electrons. The summed E-state index contributed by atoms with van der Waals surface area (Å²) in [4.78, 5) is 26.5. The molecule has 4 aliphatic rings. The van der Waals surface area contributed by atoms with Crippen LogP contribution in [0.5, 0.6) is 6.01 Å². The molecule has 4 fully saturated rings. The lowest BCUT2D eigenvalue weighted by Gasteiger charge is -2.40. The molecule has 0 spiro atoms. The molecule has 2 bridgehead atoms. The van der Waals surface area contributed by atoms with E-state index in [1.807, 2.05) is 4.90 Å². The molecule has 0 saturated carbocycles. The molecule has 4 atom stereocenters. The predicted molar refractivity (Wildman–Crippen MR) is 125 cm³/mol. The van der Waals surface area contributed by atoms with Gasteiger partial charge in [0.15, 0.2) is 5.82 Å². The van der Waals surface area contributed by atoms with E-state index in [0.29, 0.717) is 41.7 Å². The van der Waals surface area contributed by atoms with Crippen LogP contribution in [0.25, 0.3) is 10.9 Å². The van der Waals surface area contributed by atoms with E-state index in [4.69, 9.17) is 4.74 Å². The molecule has 11 heteroatoms. The van der Waals surface area contributed by atoms with Gasteiger partial charge in [-0.1, -0.05) is 0 Å². The highest BCUT2D eigenvalue weighted by Crippen LogP contribution is 2.41. The highest BCUT2D eigenvalue weighted by atomic mass is 79.9. The Morgan fingerprint density at radius 1 is 1.24 bits per heavy atom. The Bertz CT molecular complexity index is 1140. The summed E-state index contributed by atoms with van der Waals surface area (Å²) in [5.41, 5.74) is -0.210. The number of halogens is 3. The first kappa shape index (κ1) is 22.2. The Balaban J connectivity index is 1.34. The number of hydrogen-bond acceptors (Lipinski definition) is 6. The molecule has 1 amide bonds. The second kappa shape index (κ2) is 8.15. The highest BCUT2D eigenvalue weighted by Gasteiger charge is 2.49. The van der Waals surface area contributed by atoms with E-state index in [-0.39, 0.29) is 35.8 Å². The van der Waals surface area contributed by atoms with E-state index in [1.165, 1.54) is 4.90 Å². The van der Waals surface area contributed by atoms with Crippen LogP contribution in [-0.2, 0) is 0 Å². The van der Waals surface area contributed by atoms with Crippen LogP contribution < -0.4 is 9.64 Å². The minimum absolute atomic E-state index is 0.0658. The number of piperazine rings is 1. The second-order valence-electron chi connectivity index (χ2n) is 9.93. The van der Waals surface area contributed by atoms with Crippen LogP contribution in [0.1, 0.15) is 32.1 Å². The number of rotatable bonds is 4. The van der Waals surface area contributed by atoms with Gasteiger partial charge in [-0.05, 0) is 60.3 Å². The zero-order valence-electron chi connectivity index (χ0n) is 18.6. The third-order valence-corrected chi connectivity index (χ3v) is 8.56. The van der Waals surface area contributed by atoms with Crippen molar-refractivity contribution in [2.24, 2.45) is 0 Å². The lowest BCUT2D eigenvalue weighted by atomic mass is 9.95. The Morgan fingerprint density at radius 2 is 2.00 bits per heavy atom. The zero-order chi connectivity index (χ0) is 23.6. The van der Waals surface area contributed by atoms with Gasteiger partial charge in [0.05, 0.1) is 22.1 Å². The van der Waals surface area contributed by atoms with Crippen molar-refractivity contribution < 1.29 is 23.4 Å². The first-order valence-corrected chi connectivity index (χ1v) is 12.6. The molecule has 5 heterocycles. The summed E-state index contributed by atoms with van der Waals surface area (Å²) < 4.78 is 35.6. The quantitative estimate of drug-likeness (QED) is 0.634. The monoisotopic (exact) mass is 537 g/mol. The standard InChI is InChI=1S/C23H26BrF2N5O3/c24-17-5-4-16-19(18(17)26)27-21(34-12-23-6-1-7-30(23)9-13(25)8-23)28-20(16)29-10-14-2-3-15(11-29)31(14)22(32)33/h4-5,13-15H,1-3,6-12H2,(H,32,33)/t13-,14?,15?,23+/m1/s1. The lowest BCUT2D eigenvalue weighted by Crippen LogP contribution is -2.55. The third-order valence-electron chi connectivity index (χ3n) is 7.95. The molecule has 2 aromatic rings. The fourth-order valence-electron chi connectivity index (χ4n) is 6.44. The van der Waals surface area contributed by atoms with Crippen LogP contribution in [-0.4, -0.2) is 87.5 Å². The Kier molecular flexibility index (Phi) is 5.32. The minimum atomic E-state index is -0.901. The fourth-order valence-corrected chi connectivity index (χ4v) is 6.76. The van der Waals surface area contributed by atoms with E-state index >= 15 is 4.39 Å².